The Morgan fingerprint density at radius 3 is 2.92 bits per heavy atom. The van der Waals surface area contributed by atoms with Gasteiger partial charge in [0.25, 0.3) is 0 Å². The van der Waals surface area contributed by atoms with E-state index in [0.717, 1.165) is 25.2 Å². The maximum absolute atomic E-state index is 5.61. The highest BCUT2D eigenvalue weighted by molar-refractivity contribution is 5.15. The van der Waals surface area contributed by atoms with Crippen LogP contribution in [0.15, 0.2) is 24.0 Å². The van der Waals surface area contributed by atoms with Crippen LogP contribution in [0.4, 0.5) is 0 Å². The third kappa shape index (κ3) is 3.12. The van der Waals surface area contributed by atoms with Gasteiger partial charge in [-0.1, -0.05) is 26.3 Å². The van der Waals surface area contributed by atoms with Gasteiger partial charge >= 0.3 is 0 Å². The Hall–Kier alpha value is -0.720. The number of ether oxygens (including phenoxy) is 1. The van der Waals surface area contributed by atoms with Crippen LogP contribution in [0.3, 0.4) is 0 Å². The Morgan fingerprint density at radius 2 is 2.33 bits per heavy atom. The molecule has 0 aromatic carbocycles. The van der Waals surface area contributed by atoms with Crippen LogP contribution in [-0.2, 0) is 4.74 Å². The molecular weight excluding hydrogens is 148 g/mol. The minimum Gasteiger partial charge on any atom is -0.494 e. The van der Waals surface area contributed by atoms with Crippen LogP contribution in [0.5, 0.6) is 0 Å². The molecule has 0 saturated carbocycles. The van der Waals surface area contributed by atoms with Crippen molar-refractivity contribution >= 4 is 0 Å². The zero-order valence-electron chi connectivity index (χ0n) is 8.05. The van der Waals surface area contributed by atoms with Crippen molar-refractivity contribution in [1.29, 1.82) is 0 Å². The second-order valence-corrected chi connectivity index (χ2v) is 3.41. The quantitative estimate of drug-likeness (QED) is 0.622. The Bertz CT molecular complexity index is 179. The molecule has 0 fully saturated rings. The molecule has 0 aromatic rings. The lowest BCUT2D eigenvalue weighted by atomic mass is 10.1. The Kier molecular flexibility index (Phi) is 3.92. The van der Waals surface area contributed by atoms with Crippen molar-refractivity contribution in [3.63, 3.8) is 0 Å². The minimum absolute atomic E-state index is 0.668. The zero-order valence-corrected chi connectivity index (χ0v) is 8.05. The third-order valence-electron chi connectivity index (χ3n) is 2.19. The SMILES string of the molecule is CC[C@H](C)COC1=CCCC=C1. The van der Waals surface area contributed by atoms with E-state index in [4.69, 9.17) is 4.74 Å². The summed E-state index contributed by atoms with van der Waals surface area (Å²) in [6.07, 6.45) is 9.90. The predicted molar refractivity (Wildman–Crippen MR) is 51.9 cm³/mol. The molecule has 1 aliphatic rings. The van der Waals surface area contributed by atoms with E-state index in [0.29, 0.717) is 5.92 Å². The minimum atomic E-state index is 0.668. The van der Waals surface area contributed by atoms with E-state index in [2.05, 4.69) is 32.1 Å². The molecule has 1 nitrogen and oxygen atoms in total. The molecule has 1 atom stereocenters. The molecule has 68 valence electrons. The molecular formula is C11H18O. The molecule has 0 radical (unpaired) electrons. The van der Waals surface area contributed by atoms with Gasteiger partial charge in [0, 0.05) is 0 Å². The van der Waals surface area contributed by atoms with Gasteiger partial charge in [-0.25, -0.2) is 0 Å². The van der Waals surface area contributed by atoms with Gasteiger partial charge in [-0.3, -0.25) is 0 Å². The summed E-state index contributed by atoms with van der Waals surface area (Å²) in [6.45, 7) is 5.26. The zero-order chi connectivity index (χ0) is 8.81. The summed E-state index contributed by atoms with van der Waals surface area (Å²) < 4.78 is 5.61. The molecule has 0 aromatic heterocycles. The van der Waals surface area contributed by atoms with Gasteiger partial charge in [0.1, 0.15) is 5.76 Å². The van der Waals surface area contributed by atoms with Crippen molar-refractivity contribution in [3.05, 3.63) is 24.0 Å². The van der Waals surface area contributed by atoms with Crippen LogP contribution in [0.1, 0.15) is 33.1 Å². The Morgan fingerprint density at radius 1 is 1.50 bits per heavy atom. The van der Waals surface area contributed by atoms with Crippen LogP contribution in [-0.4, -0.2) is 6.61 Å². The molecule has 0 spiro atoms. The number of hydrogen-bond donors (Lipinski definition) is 0. The molecule has 0 N–H and O–H groups in total. The number of hydrogen-bond acceptors (Lipinski definition) is 1. The van der Waals surface area contributed by atoms with Crippen LogP contribution >= 0.6 is 0 Å². The first kappa shape index (κ1) is 9.37. The van der Waals surface area contributed by atoms with E-state index in [1.165, 1.54) is 6.42 Å². The summed E-state index contributed by atoms with van der Waals surface area (Å²) >= 11 is 0. The molecule has 0 bridgehead atoms. The first-order valence-electron chi connectivity index (χ1n) is 4.82. The lowest BCUT2D eigenvalue weighted by molar-refractivity contribution is 0.178. The molecule has 12 heavy (non-hydrogen) atoms. The van der Waals surface area contributed by atoms with Crippen molar-refractivity contribution in [1.82, 2.24) is 0 Å². The van der Waals surface area contributed by atoms with E-state index in [9.17, 15) is 0 Å². The molecule has 1 rings (SSSR count). The highest BCUT2D eigenvalue weighted by Gasteiger charge is 2.01. The Balaban J connectivity index is 2.22. The normalized spacial score (nSPS) is 18.7. The standard InChI is InChI=1S/C11H18O/c1-3-10(2)9-12-11-7-5-4-6-8-11/h5,7-8,10H,3-4,6,9H2,1-2H3/t10-/m0/s1. The van der Waals surface area contributed by atoms with Crippen molar-refractivity contribution in [3.8, 4) is 0 Å². The second kappa shape index (κ2) is 5.02. The average Bonchev–Trinajstić information content (AvgIpc) is 2.16. The fraction of sp³-hybridized carbons (Fsp3) is 0.636. The van der Waals surface area contributed by atoms with Gasteiger partial charge in [0.2, 0.25) is 0 Å². The number of allylic oxidation sites excluding steroid dienone is 3. The highest BCUT2D eigenvalue weighted by Crippen LogP contribution is 2.12. The topological polar surface area (TPSA) is 9.23 Å². The van der Waals surface area contributed by atoms with Gasteiger partial charge < -0.3 is 4.74 Å². The van der Waals surface area contributed by atoms with Crippen LogP contribution in [0.25, 0.3) is 0 Å². The summed E-state index contributed by atoms with van der Waals surface area (Å²) in [5, 5.41) is 0. The number of rotatable bonds is 4. The lowest BCUT2D eigenvalue weighted by Crippen LogP contribution is -2.04. The first-order chi connectivity index (χ1) is 5.83. The molecule has 0 amide bonds. The molecule has 0 heterocycles. The molecule has 0 unspecified atom stereocenters. The highest BCUT2D eigenvalue weighted by atomic mass is 16.5. The van der Waals surface area contributed by atoms with Crippen LogP contribution < -0.4 is 0 Å². The maximum atomic E-state index is 5.61. The second-order valence-electron chi connectivity index (χ2n) is 3.41. The van der Waals surface area contributed by atoms with Gasteiger partial charge in [0.05, 0.1) is 6.61 Å². The largest absolute Gasteiger partial charge is 0.494 e. The fourth-order valence-electron chi connectivity index (χ4n) is 1.05. The van der Waals surface area contributed by atoms with E-state index < -0.39 is 0 Å². The molecule has 0 saturated heterocycles. The van der Waals surface area contributed by atoms with Crippen LogP contribution in [0, 0.1) is 5.92 Å². The summed E-state index contributed by atoms with van der Waals surface area (Å²) in [5.74, 6) is 1.72. The summed E-state index contributed by atoms with van der Waals surface area (Å²) in [7, 11) is 0. The van der Waals surface area contributed by atoms with E-state index in [1.54, 1.807) is 0 Å². The predicted octanol–water partition coefficient (Wildman–Crippen LogP) is 3.28. The van der Waals surface area contributed by atoms with Crippen molar-refractivity contribution < 1.29 is 4.74 Å². The summed E-state index contributed by atoms with van der Waals surface area (Å²) in [6, 6.07) is 0. The molecule has 0 aliphatic heterocycles. The van der Waals surface area contributed by atoms with E-state index >= 15 is 0 Å². The smallest absolute Gasteiger partial charge is 0.115 e. The van der Waals surface area contributed by atoms with Crippen molar-refractivity contribution in [2.75, 3.05) is 6.61 Å². The lowest BCUT2D eigenvalue weighted by Gasteiger charge is -2.13. The van der Waals surface area contributed by atoms with Gasteiger partial charge in [-0.15, -0.1) is 0 Å². The van der Waals surface area contributed by atoms with Crippen molar-refractivity contribution in [2.45, 2.75) is 33.1 Å². The van der Waals surface area contributed by atoms with Crippen LogP contribution in [0.2, 0.25) is 0 Å². The van der Waals surface area contributed by atoms with Crippen molar-refractivity contribution in [2.24, 2.45) is 5.92 Å². The van der Waals surface area contributed by atoms with E-state index in [-0.39, 0.29) is 0 Å². The average molecular weight is 166 g/mol. The van der Waals surface area contributed by atoms with Gasteiger partial charge in [0.15, 0.2) is 0 Å². The van der Waals surface area contributed by atoms with Gasteiger partial charge in [-0.05, 0) is 30.9 Å². The monoisotopic (exact) mass is 166 g/mol. The summed E-state index contributed by atoms with van der Waals surface area (Å²) in [4.78, 5) is 0. The molecule has 1 heteroatoms. The van der Waals surface area contributed by atoms with Gasteiger partial charge in [-0.2, -0.15) is 0 Å². The van der Waals surface area contributed by atoms with E-state index in [1.807, 2.05) is 0 Å². The fourth-order valence-corrected chi connectivity index (χ4v) is 1.05. The maximum Gasteiger partial charge on any atom is 0.115 e. The molecule has 1 aliphatic carbocycles. The first-order valence-corrected chi connectivity index (χ1v) is 4.82. The Labute approximate surface area is 75.1 Å². The summed E-state index contributed by atoms with van der Waals surface area (Å²) in [5.41, 5.74) is 0. The third-order valence-corrected chi connectivity index (χ3v) is 2.19.